The molecule has 0 aromatic heterocycles. The molecule has 2 aromatic rings. The minimum Gasteiger partial charge on any atom is -0.388 e. The zero-order valence-corrected chi connectivity index (χ0v) is 12.4. The van der Waals surface area contributed by atoms with Gasteiger partial charge in [0.1, 0.15) is 5.82 Å². The van der Waals surface area contributed by atoms with E-state index in [4.69, 9.17) is 11.6 Å². The molecule has 110 valence electrons. The van der Waals surface area contributed by atoms with Crippen LogP contribution in [0.3, 0.4) is 0 Å². The van der Waals surface area contributed by atoms with Gasteiger partial charge < -0.3 is 10.0 Å². The molecular weight excluding hydrogens is 289 g/mol. The third kappa shape index (κ3) is 2.89. The first-order valence-electron chi connectivity index (χ1n) is 7.11. The summed E-state index contributed by atoms with van der Waals surface area (Å²) in [5, 5.41) is 10.4. The van der Waals surface area contributed by atoms with Gasteiger partial charge in [-0.15, -0.1) is 0 Å². The third-order valence-corrected chi connectivity index (χ3v) is 4.36. The van der Waals surface area contributed by atoms with E-state index in [0.29, 0.717) is 6.54 Å². The molecule has 2 aromatic carbocycles. The highest BCUT2D eigenvalue weighted by atomic mass is 35.5. The molecule has 21 heavy (non-hydrogen) atoms. The Morgan fingerprint density at radius 1 is 1.19 bits per heavy atom. The van der Waals surface area contributed by atoms with Gasteiger partial charge in [-0.05, 0) is 30.5 Å². The molecule has 2 nitrogen and oxygen atoms in total. The summed E-state index contributed by atoms with van der Waals surface area (Å²) in [6, 6.07) is 12.7. The molecule has 1 atom stereocenters. The summed E-state index contributed by atoms with van der Waals surface area (Å²) < 4.78 is 13.6. The lowest BCUT2D eigenvalue weighted by molar-refractivity contribution is 0.168. The molecule has 0 aliphatic carbocycles. The van der Waals surface area contributed by atoms with Crippen LogP contribution in [0.4, 0.5) is 10.1 Å². The maximum absolute atomic E-state index is 13.6. The largest absolute Gasteiger partial charge is 0.388 e. The molecule has 1 heterocycles. The number of nitrogens with zero attached hydrogens (tertiary/aromatic N) is 1. The molecule has 4 heteroatoms. The standard InChI is InChI=1S/C17H17ClFNO/c18-17-12(5-3-7-14(17)19)11-20-10-4-9-16(21)13-6-1-2-8-15(13)20/h1-3,5-8,16,21H,4,9-11H2. The van der Waals surface area contributed by atoms with Gasteiger partial charge in [0.05, 0.1) is 11.1 Å². The number of anilines is 1. The Labute approximate surface area is 128 Å². The maximum Gasteiger partial charge on any atom is 0.142 e. The topological polar surface area (TPSA) is 23.5 Å². The Kier molecular flexibility index (Phi) is 4.13. The molecule has 0 saturated heterocycles. The average molecular weight is 306 g/mol. The van der Waals surface area contributed by atoms with Gasteiger partial charge >= 0.3 is 0 Å². The van der Waals surface area contributed by atoms with Crippen molar-refractivity contribution in [2.24, 2.45) is 0 Å². The molecule has 0 fully saturated rings. The second-order valence-electron chi connectivity index (χ2n) is 5.35. The van der Waals surface area contributed by atoms with Gasteiger partial charge in [-0.1, -0.05) is 41.9 Å². The number of hydrogen-bond donors (Lipinski definition) is 1. The van der Waals surface area contributed by atoms with E-state index in [1.165, 1.54) is 6.07 Å². The number of fused-ring (bicyclic) bond motifs is 1. The van der Waals surface area contributed by atoms with E-state index in [0.717, 1.165) is 36.2 Å². The van der Waals surface area contributed by atoms with E-state index in [9.17, 15) is 9.50 Å². The average Bonchev–Trinajstić information content (AvgIpc) is 2.65. The summed E-state index contributed by atoms with van der Waals surface area (Å²) in [5.41, 5.74) is 2.70. The Morgan fingerprint density at radius 2 is 2.00 bits per heavy atom. The van der Waals surface area contributed by atoms with E-state index >= 15 is 0 Å². The lowest BCUT2D eigenvalue weighted by Gasteiger charge is -2.25. The van der Waals surface area contributed by atoms with Crippen molar-refractivity contribution in [3.8, 4) is 0 Å². The quantitative estimate of drug-likeness (QED) is 0.893. The Balaban J connectivity index is 1.95. The highest BCUT2D eigenvalue weighted by molar-refractivity contribution is 6.31. The number of halogens is 2. The van der Waals surface area contributed by atoms with Crippen LogP contribution in [0.15, 0.2) is 42.5 Å². The van der Waals surface area contributed by atoms with Crippen molar-refractivity contribution in [2.45, 2.75) is 25.5 Å². The normalized spacial score (nSPS) is 18.2. The predicted octanol–water partition coefficient (Wildman–Crippen LogP) is 4.31. The van der Waals surface area contributed by atoms with Crippen molar-refractivity contribution in [3.05, 3.63) is 64.4 Å². The predicted molar refractivity (Wildman–Crippen MR) is 83.1 cm³/mol. The van der Waals surface area contributed by atoms with E-state index in [1.54, 1.807) is 6.07 Å². The van der Waals surface area contributed by atoms with E-state index < -0.39 is 11.9 Å². The Morgan fingerprint density at radius 3 is 2.86 bits per heavy atom. The van der Waals surface area contributed by atoms with Crippen LogP contribution in [-0.2, 0) is 6.54 Å². The Hall–Kier alpha value is -1.58. The van der Waals surface area contributed by atoms with E-state index in [1.807, 2.05) is 30.3 Å². The summed E-state index contributed by atoms with van der Waals surface area (Å²) in [6.45, 7) is 1.36. The Bertz CT molecular complexity index is 646. The van der Waals surface area contributed by atoms with Crippen molar-refractivity contribution in [3.63, 3.8) is 0 Å². The molecule has 1 N–H and O–H groups in total. The molecule has 0 amide bonds. The number of hydrogen-bond acceptors (Lipinski definition) is 2. The maximum atomic E-state index is 13.6. The molecule has 1 unspecified atom stereocenters. The second kappa shape index (κ2) is 6.04. The summed E-state index contributed by atoms with van der Waals surface area (Å²) in [4.78, 5) is 2.16. The minimum absolute atomic E-state index is 0.180. The van der Waals surface area contributed by atoms with E-state index in [-0.39, 0.29) is 5.02 Å². The summed E-state index contributed by atoms with van der Waals surface area (Å²) in [5.74, 6) is -0.391. The smallest absolute Gasteiger partial charge is 0.142 e. The van der Waals surface area contributed by atoms with Crippen LogP contribution in [0.2, 0.25) is 5.02 Å². The van der Waals surface area contributed by atoms with E-state index in [2.05, 4.69) is 4.90 Å². The van der Waals surface area contributed by atoms with Crippen LogP contribution in [0.25, 0.3) is 0 Å². The van der Waals surface area contributed by atoms with Crippen LogP contribution in [0.5, 0.6) is 0 Å². The fraction of sp³-hybridized carbons (Fsp3) is 0.294. The first-order chi connectivity index (χ1) is 10.2. The van der Waals surface area contributed by atoms with Crippen molar-refractivity contribution in [1.29, 1.82) is 0 Å². The second-order valence-corrected chi connectivity index (χ2v) is 5.73. The van der Waals surface area contributed by atoms with Crippen LogP contribution < -0.4 is 4.90 Å². The van der Waals surface area contributed by atoms with Crippen LogP contribution >= 0.6 is 11.6 Å². The summed E-state index contributed by atoms with van der Waals surface area (Å²) in [6.07, 6.45) is 1.20. The van der Waals surface area contributed by atoms with Crippen molar-refractivity contribution in [2.75, 3.05) is 11.4 Å². The minimum atomic E-state index is -0.436. The third-order valence-electron chi connectivity index (χ3n) is 3.93. The number of rotatable bonds is 2. The molecule has 1 aliphatic rings. The zero-order valence-electron chi connectivity index (χ0n) is 11.6. The fourth-order valence-electron chi connectivity index (χ4n) is 2.85. The number of benzene rings is 2. The van der Waals surface area contributed by atoms with Gasteiger partial charge in [-0.2, -0.15) is 0 Å². The first kappa shape index (κ1) is 14.4. The lowest BCUT2D eigenvalue weighted by Crippen LogP contribution is -2.23. The van der Waals surface area contributed by atoms with Crippen molar-refractivity contribution in [1.82, 2.24) is 0 Å². The zero-order chi connectivity index (χ0) is 14.8. The highest BCUT2D eigenvalue weighted by Crippen LogP contribution is 2.34. The summed E-state index contributed by atoms with van der Waals surface area (Å²) >= 11 is 6.06. The molecule has 1 aliphatic heterocycles. The van der Waals surface area contributed by atoms with Gasteiger partial charge in [0.25, 0.3) is 0 Å². The first-order valence-corrected chi connectivity index (χ1v) is 7.49. The molecular formula is C17H17ClFNO. The van der Waals surface area contributed by atoms with Crippen molar-refractivity contribution < 1.29 is 9.50 Å². The van der Waals surface area contributed by atoms with Gasteiger partial charge in [0, 0.05) is 24.3 Å². The van der Waals surface area contributed by atoms with Gasteiger partial charge in [-0.25, -0.2) is 4.39 Å². The lowest BCUT2D eigenvalue weighted by atomic mass is 10.0. The summed E-state index contributed by atoms with van der Waals surface area (Å²) in [7, 11) is 0. The SMILES string of the molecule is OC1CCCN(Cc2cccc(F)c2Cl)c2ccccc21. The van der Waals surface area contributed by atoms with Crippen molar-refractivity contribution >= 4 is 17.3 Å². The molecule has 0 spiro atoms. The number of para-hydroxylation sites is 1. The molecule has 0 saturated carbocycles. The fourth-order valence-corrected chi connectivity index (χ4v) is 3.03. The van der Waals surface area contributed by atoms with Crippen LogP contribution in [0.1, 0.15) is 30.1 Å². The van der Waals surface area contributed by atoms with Gasteiger partial charge in [-0.3, -0.25) is 0 Å². The molecule has 0 bridgehead atoms. The van der Waals surface area contributed by atoms with Crippen LogP contribution in [-0.4, -0.2) is 11.7 Å². The van der Waals surface area contributed by atoms with Crippen LogP contribution in [0, 0.1) is 5.82 Å². The molecule has 0 radical (unpaired) electrons. The monoisotopic (exact) mass is 305 g/mol. The van der Waals surface area contributed by atoms with Gasteiger partial charge in [0.15, 0.2) is 0 Å². The number of aliphatic hydroxyl groups is 1. The highest BCUT2D eigenvalue weighted by Gasteiger charge is 2.21. The molecule has 3 rings (SSSR count). The number of aliphatic hydroxyl groups excluding tert-OH is 1. The van der Waals surface area contributed by atoms with Gasteiger partial charge in [0.2, 0.25) is 0 Å².